The Morgan fingerprint density at radius 3 is 1.73 bits per heavy atom. The Morgan fingerprint density at radius 1 is 0.867 bits per heavy atom. The van der Waals surface area contributed by atoms with Crippen LogP contribution in [0.15, 0.2) is 0 Å². The van der Waals surface area contributed by atoms with E-state index in [1.165, 1.54) is 47.4 Å². The first kappa shape index (κ1) is 13.8. The van der Waals surface area contributed by atoms with E-state index in [2.05, 4.69) is 13.8 Å². The van der Waals surface area contributed by atoms with Crippen molar-refractivity contribution in [2.75, 3.05) is 13.2 Å². The molecule has 0 radical (unpaired) electrons. The Kier molecular flexibility index (Phi) is 7.26. The summed E-state index contributed by atoms with van der Waals surface area (Å²) in [6.07, 6.45) is 7.57. The van der Waals surface area contributed by atoms with Crippen molar-refractivity contribution in [3.8, 4) is 0 Å². The van der Waals surface area contributed by atoms with Crippen LogP contribution in [0.25, 0.3) is 0 Å². The van der Waals surface area contributed by atoms with Crippen molar-refractivity contribution in [1.82, 2.24) is 0 Å². The van der Waals surface area contributed by atoms with E-state index in [9.17, 15) is 0 Å². The third-order valence-electron chi connectivity index (χ3n) is 3.09. The minimum atomic E-state index is -2.56. The molecule has 0 amide bonds. The minimum absolute atomic E-state index is 0.976. The molecule has 0 atom stereocenters. The summed E-state index contributed by atoms with van der Waals surface area (Å²) in [5.41, 5.74) is 0. The number of rotatable bonds is 6. The maximum absolute atomic E-state index is 6.18. The van der Waals surface area contributed by atoms with Crippen LogP contribution >= 0.6 is 0 Å². The van der Waals surface area contributed by atoms with Crippen molar-refractivity contribution in [3.05, 3.63) is 0 Å². The summed E-state index contributed by atoms with van der Waals surface area (Å²) < 4.78 is 14.9. The SMILES string of the molecule is CCC[CH2][Sn]1([CH2]CCC)[O]CCCC[O]1. The summed E-state index contributed by atoms with van der Waals surface area (Å²) in [5, 5.41) is 0. The molecule has 1 fully saturated rings. The monoisotopic (exact) mass is 322 g/mol. The van der Waals surface area contributed by atoms with Gasteiger partial charge in [0.2, 0.25) is 0 Å². The Labute approximate surface area is 99.7 Å². The molecule has 0 aromatic carbocycles. The second-order valence-electron chi connectivity index (χ2n) is 4.52. The van der Waals surface area contributed by atoms with Crippen LogP contribution in [0.5, 0.6) is 0 Å². The van der Waals surface area contributed by atoms with Gasteiger partial charge in [-0.15, -0.1) is 0 Å². The second-order valence-corrected chi connectivity index (χ2v) is 14.2. The van der Waals surface area contributed by atoms with Crippen molar-refractivity contribution in [1.29, 1.82) is 0 Å². The van der Waals surface area contributed by atoms with Crippen LogP contribution in [0, 0.1) is 0 Å². The topological polar surface area (TPSA) is 18.5 Å². The van der Waals surface area contributed by atoms with Crippen LogP contribution in [-0.4, -0.2) is 32.4 Å². The standard InChI is InChI=1S/C4H8O2.2C4H9.Sn/c5-3-1-2-4-6;2*1-3-4-2;/h1-4H2;2*1,3-4H2,2H3;/q-2;;;+2. The third kappa shape index (κ3) is 5.05. The van der Waals surface area contributed by atoms with Gasteiger partial charge in [-0.25, -0.2) is 0 Å². The van der Waals surface area contributed by atoms with E-state index in [-0.39, 0.29) is 0 Å². The predicted molar refractivity (Wildman–Crippen MR) is 66.3 cm³/mol. The van der Waals surface area contributed by atoms with E-state index in [4.69, 9.17) is 6.15 Å². The molecule has 1 aliphatic heterocycles. The molecule has 0 saturated carbocycles. The summed E-state index contributed by atoms with van der Waals surface area (Å²) in [6, 6.07) is 0. The number of unbranched alkanes of at least 4 members (excludes halogenated alkanes) is 2. The molecule has 1 heterocycles. The summed E-state index contributed by atoms with van der Waals surface area (Å²) in [6.45, 7) is 6.47. The van der Waals surface area contributed by atoms with Gasteiger partial charge in [0.15, 0.2) is 0 Å². The Balaban J connectivity index is 2.47. The first-order valence-electron chi connectivity index (χ1n) is 6.61. The normalized spacial score (nSPS) is 21.2. The van der Waals surface area contributed by atoms with Crippen LogP contribution in [0.3, 0.4) is 0 Å². The van der Waals surface area contributed by atoms with Crippen LogP contribution in [0.4, 0.5) is 0 Å². The van der Waals surface area contributed by atoms with Gasteiger partial charge < -0.3 is 0 Å². The van der Waals surface area contributed by atoms with Crippen LogP contribution < -0.4 is 0 Å². The zero-order valence-electron chi connectivity index (χ0n) is 10.4. The summed E-state index contributed by atoms with van der Waals surface area (Å²) in [4.78, 5) is 0. The molecular formula is C12H26O2Sn. The van der Waals surface area contributed by atoms with E-state index in [1.54, 1.807) is 0 Å². The molecule has 0 aliphatic carbocycles. The molecule has 1 saturated heterocycles. The molecule has 1 aliphatic rings. The van der Waals surface area contributed by atoms with Crippen molar-refractivity contribution in [2.45, 2.75) is 61.2 Å². The molecule has 0 aromatic rings. The molecule has 3 heteroatoms. The molecule has 0 bridgehead atoms. The van der Waals surface area contributed by atoms with Crippen LogP contribution in [0.2, 0.25) is 8.87 Å². The van der Waals surface area contributed by atoms with E-state index >= 15 is 0 Å². The van der Waals surface area contributed by atoms with Gasteiger partial charge in [-0.2, -0.15) is 0 Å². The molecular weight excluding hydrogens is 295 g/mol. The average molecular weight is 321 g/mol. The molecule has 90 valence electrons. The van der Waals surface area contributed by atoms with E-state index in [1.807, 2.05) is 0 Å². The van der Waals surface area contributed by atoms with Gasteiger partial charge in [-0.1, -0.05) is 0 Å². The van der Waals surface area contributed by atoms with Crippen LogP contribution in [0.1, 0.15) is 52.4 Å². The molecule has 2 nitrogen and oxygen atoms in total. The Hall–Kier alpha value is 0.719. The van der Waals surface area contributed by atoms with Gasteiger partial charge in [-0.3, -0.25) is 0 Å². The predicted octanol–water partition coefficient (Wildman–Crippen LogP) is 3.86. The third-order valence-corrected chi connectivity index (χ3v) is 13.6. The van der Waals surface area contributed by atoms with Crippen molar-refractivity contribution in [3.63, 3.8) is 0 Å². The van der Waals surface area contributed by atoms with Crippen molar-refractivity contribution in [2.24, 2.45) is 0 Å². The second kappa shape index (κ2) is 7.91. The van der Waals surface area contributed by atoms with Crippen molar-refractivity contribution >= 4 is 19.2 Å². The Bertz CT molecular complexity index is 144. The van der Waals surface area contributed by atoms with Crippen molar-refractivity contribution < 1.29 is 6.15 Å². The molecule has 0 unspecified atom stereocenters. The molecule has 0 N–H and O–H groups in total. The number of hydrogen-bond donors (Lipinski definition) is 0. The van der Waals surface area contributed by atoms with Gasteiger partial charge in [0.1, 0.15) is 0 Å². The fraction of sp³-hybridized carbons (Fsp3) is 1.00. The fourth-order valence-electron chi connectivity index (χ4n) is 2.07. The molecule has 0 aromatic heterocycles. The van der Waals surface area contributed by atoms with E-state index < -0.39 is 19.2 Å². The van der Waals surface area contributed by atoms with Crippen LogP contribution in [-0.2, 0) is 6.15 Å². The maximum atomic E-state index is 6.18. The Morgan fingerprint density at radius 2 is 1.33 bits per heavy atom. The van der Waals surface area contributed by atoms with E-state index in [0.717, 1.165) is 13.2 Å². The first-order valence-corrected chi connectivity index (χ1v) is 13.0. The number of hydrogen-bond acceptors (Lipinski definition) is 2. The van der Waals surface area contributed by atoms with E-state index in [0.29, 0.717) is 0 Å². The zero-order chi connectivity index (χ0) is 11.0. The summed E-state index contributed by atoms with van der Waals surface area (Å²) >= 11 is -2.56. The summed E-state index contributed by atoms with van der Waals surface area (Å²) in [5.74, 6) is 0. The quantitative estimate of drug-likeness (QED) is 0.692. The van der Waals surface area contributed by atoms with Gasteiger partial charge >= 0.3 is 99.8 Å². The molecule has 0 spiro atoms. The zero-order valence-corrected chi connectivity index (χ0v) is 13.2. The fourth-order valence-corrected chi connectivity index (χ4v) is 12.7. The summed E-state index contributed by atoms with van der Waals surface area (Å²) in [7, 11) is 0. The average Bonchev–Trinajstić information content (AvgIpc) is 2.50. The van der Waals surface area contributed by atoms with Gasteiger partial charge in [-0.05, 0) is 0 Å². The molecule has 15 heavy (non-hydrogen) atoms. The first-order chi connectivity index (χ1) is 7.33. The van der Waals surface area contributed by atoms with Gasteiger partial charge in [0.05, 0.1) is 0 Å². The van der Waals surface area contributed by atoms with Gasteiger partial charge in [0, 0.05) is 0 Å². The van der Waals surface area contributed by atoms with Gasteiger partial charge in [0.25, 0.3) is 0 Å². The molecule has 1 rings (SSSR count).